The number of carbonyl (C=O) groups is 4. The summed E-state index contributed by atoms with van der Waals surface area (Å²) < 4.78 is 0. The molecular formula is C21H21ClN4O4S. The molecular weight excluding hydrogens is 440 g/mol. The summed E-state index contributed by atoms with van der Waals surface area (Å²) in [5.41, 5.74) is 3.03. The summed E-state index contributed by atoms with van der Waals surface area (Å²) in [7, 11) is 0. The first-order chi connectivity index (χ1) is 14.8. The Bertz CT molecular complexity index is 1080. The Kier molecular flexibility index (Phi) is 5.97. The number of imide groups is 1. The van der Waals surface area contributed by atoms with Crippen LogP contribution in [0.4, 0.5) is 10.5 Å². The van der Waals surface area contributed by atoms with Crippen LogP contribution < -0.4 is 16.0 Å². The number of fused-ring (bicyclic) bond motifs is 1. The van der Waals surface area contributed by atoms with E-state index in [-0.39, 0.29) is 24.3 Å². The van der Waals surface area contributed by atoms with Crippen LogP contribution in [0.1, 0.15) is 39.2 Å². The SMILES string of the molecule is Cc1ccc(NC(=O)NCCc2scc3c2CN(C2CCC(=O)NC2=O)C3=O)cc1Cl. The van der Waals surface area contributed by atoms with Gasteiger partial charge in [0, 0.05) is 40.5 Å². The number of benzene rings is 1. The maximum absolute atomic E-state index is 12.8. The lowest BCUT2D eigenvalue weighted by Gasteiger charge is -2.29. The van der Waals surface area contributed by atoms with E-state index in [4.69, 9.17) is 11.6 Å². The van der Waals surface area contributed by atoms with Crippen molar-refractivity contribution in [1.82, 2.24) is 15.5 Å². The minimum atomic E-state index is -0.624. The van der Waals surface area contributed by atoms with Crippen LogP contribution in [0.2, 0.25) is 5.02 Å². The number of thiophene rings is 1. The first kappa shape index (κ1) is 21.3. The lowest BCUT2D eigenvalue weighted by Crippen LogP contribution is -2.52. The fourth-order valence-electron chi connectivity index (χ4n) is 3.75. The molecule has 3 heterocycles. The van der Waals surface area contributed by atoms with E-state index in [1.54, 1.807) is 17.5 Å². The third kappa shape index (κ3) is 4.42. The van der Waals surface area contributed by atoms with Crippen molar-refractivity contribution in [2.24, 2.45) is 0 Å². The van der Waals surface area contributed by atoms with Crippen molar-refractivity contribution in [2.45, 2.75) is 38.8 Å². The van der Waals surface area contributed by atoms with Crippen LogP contribution in [-0.2, 0) is 22.6 Å². The molecule has 162 valence electrons. The normalized spacial score (nSPS) is 18.1. The molecule has 5 amide bonds. The fraction of sp³-hybridized carbons (Fsp3) is 0.333. The predicted molar refractivity (Wildman–Crippen MR) is 117 cm³/mol. The van der Waals surface area contributed by atoms with Crippen molar-refractivity contribution in [3.8, 4) is 0 Å². The van der Waals surface area contributed by atoms with E-state index in [2.05, 4.69) is 16.0 Å². The summed E-state index contributed by atoms with van der Waals surface area (Å²) in [6, 6.07) is 4.34. The number of halogens is 1. The van der Waals surface area contributed by atoms with Crippen LogP contribution in [0.15, 0.2) is 23.6 Å². The number of amides is 5. The zero-order valence-corrected chi connectivity index (χ0v) is 18.4. The Morgan fingerprint density at radius 3 is 2.87 bits per heavy atom. The van der Waals surface area contributed by atoms with Gasteiger partial charge in [-0.2, -0.15) is 0 Å². The highest BCUT2D eigenvalue weighted by atomic mass is 35.5. The number of hydrogen-bond acceptors (Lipinski definition) is 5. The molecule has 2 aromatic rings. The molecule has 10 heteroatoms. The van der Waals surface area contributed by atoms with Crippen molar-refractivity contribution in [3.05, 3.63) is 50.2 Å². The van der Waals surface area contributed by atoms with E-state index in [0.29, 0.717) is 42.2 Å². The molecule has 4 rings (SSSR count). The van der Waals surface area contributed by atoms with E-state index in [0.717, 1.165) is 16.0 Å². The molecule has 31 heavy (non-hydrogen) atoms. The van der Waals surface area contributed by atoms with Crippen molar-refractivity contribution >= 4 is 52.4 Å². The van der Waals surface area contributed by atoms with Gasteiger partial charge in [-0.05, 0) is 43.0 Å². The highest BCUT2D eigenvalue weighted by Crippen LogP contribution is 2.34. The predicted octanol–water partition coefficient (Wildman–Crippen LogP) is 2.84. The average Bonchev–Trinajstić information content (AvgIpc) is 3.25. The van der Waals surface area contributed by atoms with Gasteiger partial charge >= 0.3 is 6.03 Å². The molecule has 1 saturated heterocycles. The lowest BCUT2D eigenvalue weighted by molar-refractivity contribution is -0.136. The molecule has 0 aliphatic carbocycles. The van der Waals surface area contributed by atoms with Crippen molar-refractivity contribution in [2.75, 3.05) is 11.9 Å². The monoisotopic (exact) mass is 460 g/mol. The Morgan fingerprint density at radius 1 is 1.32 bits per heavy atom. The Balaban J connectivity index is 1.33. The molecule has 0 bridgehead atoms. The van der Waals surface area contributed by atoms with Gasteiger partial charge in [0.15, 0.2) is 0 Å². The fourth-order valence-corrected chi connectivity index (χ4v) is 4.97. The van der Waals surface area contributed by atoms with Gasteiger partial charge in [-0.15, -0.1) is 11.3 Å². The van der Waals surface area contributed by atoms with Gasteiger partial charge in [-0.25, -0.2) is 4.79 Å². The first-order valence-electron chi connectivity index (χ1n) is 9.88. The molecule has 2 aliphatic rings. The number of urea groups is 1. The van der Waals surface area contributed by atoms with Crippen molar-refractivity contribution in [3.63, 3.8) is 0 Å². The maximum Gasteiger partial charge on any atom is 0.319 e. The molecule has 1 aromatic heterocycles. The number of rotatable bonds is 5. The van der Waals surface area contributed by atoms with E-state index in [9.17, 15) is 19.2 Å². The second kappa shape index (κ2) is 8.68. The second-order valence-electron chi connectivity index (χ2n) is 7.55. The Labute approximate surface area is 187 Å². The van der Waals surface area contributed by atoms with Crippen molar-refractivity contribution < 1.29 is 19.2 Å². The molecule has 0 radical (unpaired) electrons. The third-order valence-corrected chi connectivity index (χ3v) is 6.95. The number of nitrogens with one attached hydrogen (secondary N) is 3. The van der Waals surface area contributed by atoms with Crippen LogP contribution in [0.3, 0.4) is 0 Å². The standard InChI is InChI=1S/C21H21ClN4O4S/c1-11-2-3-12(8-15(11)22)24-21(30)23-7-6-17-13-9-26(20(29)14(13)10-31-17)16-4-5-18(27)25-19(16)28/h2-3,8,10,16H,4-7,9H2,1H3,(H2,23,24,30)(H,25,27,28). The van der Waals surface area contributed by atoms with Crippen molar-refractivity contribution in [1.29, 1.82) is 0 Å². The molecule has 2 aliphatic heterocycles. The summed E-state index contributed by atoms with van der Waals surface area (Å²) in [5.74, 6) is -0.913. The number of piperidine rings is 1. The molecule has 0 spiro atoms. The summed E-state index contributed by atoms with van der Waals surface area (Å²) in [5, 5.41) is 10.2. The number of carbonyl (C=O) groups excluding carboxylic acids is 4. The summed E-state index contributed by atoms with van der Waals surface area (Å²) in [6.07, 6.45) is 1.13. The van der Waals surface area contributed by atoms with Crippen LogP contribution >= 0.6 is 22.9 Å². The van der Waals surface area contributed by atoms with Crippen LogP contribution in [0.5, 0.6) is 0 Å². The Morgan fingerprint density at radius 2 is 2.13 bits per heavy atom. The molecule has 8 nitrogen and oxygen atoms in total. The molecule has 1 atom stereocenters. The zero-order chi connectivity index (χ0) is 22.1. The summed E-state index contributed by atoms with van der Waals surface area (Å²) >= 11 is 7.55. The van der Waals surface area contributed by atoms with E-state index < -0.39 is 11.9 Å². The van der Waals surface area contributed by atoms with Gasteiger partial charge in [-0.3, -0.25) is 19.7 Å². The molecule has 1 fully saturated rings. The highest BCUT2D eigenvalue weighted by Gasteiger charge is 2.40. The number of aryl methyl sites for hydroxylation is 1. The van der Waals surface area contributed by atoms with Gasteiger partial charge in [0.25, 0.3) is 5.91 Å². The number of nitrogens with zero attached hydrogens (tertiary/aromatic N) is 1. The van der Waals surface area contributed by atoms with Crippen LogP contribution in [0.25, 0.3) is 0 Å². The number of anilines is 1. The quantitative estimate of drug-likeness (QED) is 0.596. The van der Waals surface area contributed by atoms with Gasteiger partial charge in [0.05, 0.1) is 5.56 Å². The molecule has 0 saturated carbocycles. The zero-order valence-electron chi connectivity index (χ0n) is 16.8. The average molecular weight is 461 g/mol. The summed E-state index contributed by atoms with van der Waals surface area (Å²) in [4.78, 5) is 51.0. The minimum Gasteiger partial charge on any atom is -0.338 e. The molecule has 3 N–H and O–H groups in total. The van der Waals surface area contributed by atoms with Gasteiger partial charge in [0.2, 0.25) is 11.8 Å². The lowest BCUT2D eigenvalue weighted by atomic mass is 10.0. The second-order valence-corrected chi connectivity index (χ2v) is 8.92. The van der Waals surface area contributed by atoms with E-state index in [1.807, 2.05) is 13.0 Å². The molecule has 1 unspecified atom stereocenters. The van der Waals surface area contributed by atoms with Crippen LogP contribution in [-0.4, -0.2) is 41.2 Å². The first-order valence-corrected chi connectivity index (χ1v) is 11.1. The maximum atomic E-state index is 12.8. The third-order valence-electron chi connectivity index (χ3n) is 5.45. The van der Waals surface area contributed by atoms with Gasteiger partial charge in [-0.1, -0.05) is 17.7 Å². The topological polar surface area (TPSA) is 108 Å². The van der Waals surface area contributed by atoms with E-state index in [1.165, 1.54) is 16.2 Å². The van der Waals surface area contributed by atoms with Gasteiger partial charge in [0.1, 0.15) is 6.04 Å². The number of hydrogen-bond donors (Lipinski definition) is 3. The van der Waals surface area contributed by atoms with E-state index >= 15 is 0 Å². The minimum absolute atomic E-state index is 0.186. The van der Waals surface area contributed by atoms with Crippen LogP contribution in [0, 0.1) is 6.92 Å². The Hall–Kier alpha value is -2.91. The molecule has 1 aromatic carbocycles. The smallest absolute Gasteiger partial charge is 0.319 e. The highest BCUT2D eigenvalue weighted by molar-refractivity contribution is 7.10. The largest absolute Gasteiger partial charge is 0.338 e. The van der Waals surface area contributed by atoms with Gasteiger partial charge < -0.3 is 15.5 Å². The summed E-state index contributed by atoms with van der Waals surface area (Å²) in [6.45, 7) is 2.62.